The Morgan fingerprint density at radius 3 is 1.83 bits per heavy atom. The van der Waals surface area contributed by atoms with Crippen molar-refractivity contribution < 1.29 is 34.1 Å². The highest BCUT2D eigenvalue weighted by molar-refractivity contribution is 6.00. The van der Waals surface area contributed by atoms with Gasteiger partial charge in [-0.15, -0.1) is 0 Å². The fourth-order valence-corrected chi connectivity index (χ4v) is 2.28. The van der Waals surface area contributed by atoms with Gasteiger partial charge in [0.25, 0.3) is 0 Å². The Morgan fingerprint density at radius 2 is 1.38 bits per heavy atom. The third-order valence-electron chi connectivity index (χ3n) is 3.69. The van der Waals surface area contributed by atoms with Gasteiger partial charge in [-0.1, -0.05) is 12.1 Å². The van der Waals surface area contributed by atoms with E-state index in [1.54, 1.807) is 18.2 Å². The lowest BCUT2D eigenvalue weighted by molar-refractivity contribution is -0.114. The standard InChI is InChI=1S/C11H13NO4.C9H11NO3/c1-7(14)12-10-5-8(6-13)3-4-9(10)11(15)16-2;1-13-9(12)7-3-2-6(5-11)4-8(7)10/h3-5,13H,6H2,1-2H3,(H,12,14);2-4,11H,5,10H2,1H3. The molecule has 0 aliphatic rings. The minimum absolute atomic E-state index is 0.0916. The SMILES string of the molecule is COC(=O)c1ccc(CO)cc1N.COC(=O)c1ccc(CO)cc1NC(C)=O. The first kappa shape index (κ1) is 23.6. The molecule has 5 N–H and O–H groups in total. The molecule has 2 aromatic rings. The number of anilines is 2. The molecule has 0 unspecified atom stereocenters. The van der Waals surface area contributed by atoms with Gasteiger partial charge in [-0.25, -0.2) is 9.59 Å². The lowest BCUT2D eigenvalue weighted by Gasteiger charge is -2.09. The highest BCUT2D eigenvalue weighted by atomic mass is 16.5. The fourth-order valence-electron chi connectivity index (χ4n) is 2.28. The largest absolute Gasteiger partial charge is 0.465 e. The summed E-state index contributed by atoms with van der Waals surface area (Å²) in [4.78, 5) is 33.4. The number of carbonyl (C=O) groups is 3. The van der Waals surface area contributed by atoms with Crippen molar-refractivity contribution in [1.29, 1.82) is 0 Å². The molecule has 0 fully saturated rings. The van der Waals surface area contributed by atoms with Crippen LogP contribution in [0.5, 0.6) is 0 Å². The van der Waals surface area contributed by atoms with Gasteiger partial charge in [0.2, 0.25) is 5.91 Å². The number of nitrogens with one attached hydrogen (secondary N) is 1. The molecule has 156 valence electrons. The smallest absolute Gasteiger partial charge is 0.339 e. The summed E-state index contributed by atoms with van der Waals surface area (Å²) in [5.74, 6) is -1.30. The zero-order valence-electron chi connectivity index (χ0n) is 16.4. The van der Waals surface area contributed by atoms with Crippen LogP contribution in [-0.4, -0.2) is 42.3 Å². The van der Waals surface area contributed by atoms with Crippen LogP contribution < -0.4 is 11.1 Å². The third-order valence-corrected chi connectivity index (χ3v) is 3.69. The Kier molecular flexibility index (Phi) is 9.30. The van der Waals surface area contributed by atoms with E-state index < -0.39 is 11.9 Å². The maximum absolute atomic E-state index is 11.4. The summed E-state index contributed by atoms with van der Waals surface area (Å²) in [6.45, 7) is 1.09. The number of amides is 1. The van der Waals surface area contributed by atoms with Crippen LogP contribution in [0.25, 0.3) is 0 Å². The van der Waals surface area contributed by atoms with E-state index in [4.69, 9.17) is 15.9 Å². The van der Waals surface area contributed by atoms with E-state index in [-0.39, 0.29) is 24.7 Å². The monoisotopic (exact) mass is 404 g/mol. The summed E-state index contributed by atoms with van der Waals surface area (Å²) in [6, 6.07) is 9.34. The Bertz CT molecular complexity index is 881. The summed E-state index contributed by atoms with van der Waals surface area (Å²) in [5, 5.41) is 20.2. The summed E-state index contributed by atoms with van der Waals surface area (Å²) < 4.78 is 9.09. The fraction of sp³-hybridized carbons (Fsp3) is 0.250. The predicted octanol–water partition coefficient (Wildman–Crippen LogP) is 1.47. The van der Waals surface area contributed by atoms with Gasteiger partial charge in [-0.05, 0) is 35.4 Å². The number of methoxy groups -OCH3 is 2. The van der Waals surface area contributed by atoms with E-state index in [9.17, 15) is 14.4 Å². The second kappa shape index (κ2) is 11.4. The average molecular weight is 404 g/mol. The minimum atomic E-state index is -0.534. The number of aliphatic hydroxyl groups is 2. The number of esters is 2. The second-order valence-corrected chi connectivity index (χ2v) is 5.78. The third kappa shape index (κ3) is 6.91. The van der Waals surface area contributed by atoms with Crippen molar-refractivity contribution in [3.05, 3.63) is 58.7 Å². The van der Waals surface area contributed by atoms with Crippen LogP contribution in [0.15, 0.2) is 36.4 Å². The number of rotatable bonds is 5. The first-order valence-corrected chi connectivity index (χ1v) is 8.44. The molecule has 0 bridgehead atoms. The first-order chi connectivity index (χ1) is 13.8. The summed E-state index contributed by atoms with van der Waals surface area (Å²) >= 11 is 0. The predicted molar refractivity (Wildman–Crippen MR) is 106 cm³/mol. The lowest BCUT2D eigenvalue weighted by atomic mass is 10.1. The van der Waals surface area contributed by atoms with Crippen molar-refractivity contribution in [3.8, 4) is 0 Å². The molecule has 9 heteroatoms. The molecule has 0 saturated heterocycles. The molecule has 0 atom stereocenters. The molecule has 1 amide bonds. The minimum Gasteiger partial charge on any atom is -0.465 e. The Labute approximate surface area is 168 Å². The number of hydrogen-bond donors (Lipinski definition) is 4. The van der Waals surface area contributed by atoms with Crippen LogP contribution in [-0.2, 0) is 27.5 Å². The summed E-state index contributed by atoms with van der Waals surface area (Å²) in [5.41, 5.74) is 8.08. The molecule has 2 rings (SSSR count). The Hall–Kier alpha value is -3.43. The highest BCUT2D eigenvalue weighted by Gasteiger charge is 2.13. The van der Waals surface area contributed by atoms with Crippen LogP contribution in [0.4, 0.5) is 11.4 Å². The van der Waals surface area contributed by atoms with Crippen LogP contribution in [0, 0.1) is 0 Å². The van der Waals surface area contributed by atoms with E-state index in [0.717, 1.165) is 0 Å². The van der Waals surface area contributed by atoms with E-state index in [1.165, 1.54) is 39.3 Å². The van der Waals surface area contributed by atoms with Gasteiger partial charge in [0, 0.05) is 12.6 Å². The molecule has 0 aromatic heterocycles. The number of carbonyl (C=O) groups excluding carboxylic acids is 3. The molecular weight excluding hydrogens is 380 g/mol. The number of nitrogens with two attached hydrogens (primary N) is 1. The number of benzene rings is 2. The average Bonchev–Trinajstić information content (AvgIpc) is 2.72. The zero-order valence-corrected chi connectivity index (χ0v) is 16.4. The van der Waals surface area contributed by atoms with Crippen molar-refractivity contribution in [2.75, 3.05) is 25.3 Å². The molecule has 29 heavy (non-hydrogen) atoms. The molecule has 0 spiro atoms. The Balaban J connectivity index is 0.000000296. The van der Waals surface area contributed by atoms with Gasteiger partial charge in [0.15, 0.2) is 0 Å². The highest BCUT2D eigenvalue weighted by Crippen LogP contribution is 2.19. The molecule has 0 aliphatic heterocycles. The maximum Gasteiger partial charge on any atom is 0.339 e. The van der Waals surface area contributed by atoms with Crippen molar-refractivity contribution in [2.45, 2.75) is 20.1 Å². The summed E-state index contributed by atoms with van der Waals surface area (Å²) in [7, 11) is 2.56. The van der Waals surface area contributed by atoms with Gasteiger partial charge in [-0.3, -0.25) is 4.79 Å². The number of ether oxygens (including phenoxy) is 2. The van der Waals surface area contributed by atoms with Gasteiger partial charge in [-0.2, -0.15) is 0 Å². The van der Waals surface area contributed by atoms with Gasteiger partial charge < -0.3 is 30.7 Å². The number of aliphatic hydroxyl groups excluding tert-OH is 2. The molecular formula is C20H24N2O7. The molecule has 0 aliphatic carbocycles. The quantitative estimate of drug-likeness (QED) is 0.432. The van der Waals surface area contributed by atoms with Crippen LogP contribution >= 0.6 is 0 Å². The number of nitrogen functional groups attached to an aromatic ring is 1. The second-order valence-electron chi connectivity index (χ2n) is 5.78. The zero-order chi connectivity index (χ0) is 22.0. The normalized spacial score (nSPS) is 9.69. The molecule has 9 nitrogen and oxygen atoms in total. The first-order valence-electron chi connectivity index (χ1n) is 8.44. The molecule has 0 heterocycles. The van der Waals surface area contributed by atoms with Crippen LogP contribution in [0.2, 0.25) is 0 Å². The van der Waals surface area contributed by atoms with E-state index in [1.807, 2.05) is 0 Å². The Morgan fingerprint density at radius 1 is 0.897 bits per heavy atom. The van der Waals surface area contributed by atoms with Crippen molar-refractivity contribution in [2.24, 2.45) is 0 Å². The lowest BCUT2D eigenvalue weighted by Crippen LogP contribution is -2.12. The summed E-state index contributed by atoms with van der Waals surface area (Å²) in [6.07, 6.45) is 0. The van der Waals surface area contributed by atoms with Crippen LogP contribution in [0.1, 0.15) is 38.8 Å². The molecule has 0 radical (unpaired) electrons. The van der Waals surface area contributed by atoms with Crippen molar-refractivity contribution in [3.63, 3.8) is 0 Å². The maximum atomic E-state index is 11.4. The van der Waals surface area contributed by atoms with Gasteiger partial charge >= 0.3 is 11.9 Å². The molecule has 0 saturated carbocycles. The van der Waals surface area contributed by atoms with Gasteiger partial charge in [0.1, 0.15) is 0 Å². The van der Waals surface area contributed by atoms with Gasteiger partial charge in [0.05, 0.1) is 44.2 Å². The van der Waals surface area contributed by atoms with Crippen LogP contribution in [0.3, 0.4) is 0 Å². The van der Waals surface area contributed by atoms with Crippen molar-refractivity contribution in [1.82, 2.24) is 0 Å². The van der Waals surface area contributed by atoms with E-state index >= 15 is 0 Å². The van der Waals surface area contributed by atoms with Crippen molar-refractivity contribution >= 4 is 29.2 Å². The van der Waals surface area contributed by atoms with E-state index in [2.05, 4.69) is 14.8 Å². The van der Waals surface area contributed by atoms with E-state index in [0.29, 0.717) is 28.1 Å². The topological polar surface area (TPSA) is 148 Å². The number of hydrogen-bond acceptors (Lipinski definition) is 8. The molecule has 2 aromatic carbocycles.